The first-order valence-electron chi connectivity index (χ1n) is 7.22. The fourth-order valence-electron chi connectivity index (χ4n) is 2.46. The highest BCUT2D eigenvalue weighted by Gasteiger charge is 2.27. The van der Waals surface area contributed by atoms with Gasteiger partial charge in [-0.25, -0.2) is 4.79 Å². The molecular weight excluding hydrogens is 266 g/mol. The Balaban J connectivity index is 1.94. The predicted octanol–water partition coefficient (Wildman–Crippen LogP) is 3.07. The number of carbonyl (C=O) groups is 1. The second kappa shape index (κ2) is 6.13. The molecule has 0 atom stereocenters. The normalized spacial score (nSPS) is 16.4. The monoisotopic (exact) mass is 287 g/mol. The van der Waals surface area contributed by atoms with Crippen LogP contribution in [0.1, 0.15) is 50.7 Å². The first-order chi connectivity index (χ1) is 9.89. The SMILES string of the molecule is CC(C)(C)OC(=O)N1CCC(c2cncc(C#N)c2)CC1. The number of hydrogen-bond donors (Lipinski definition) is 0. The highest BCUT2D eigenvalue weighted by Crippen LogP contribution is 2.28. The molecule has 1 saturated heterocycles. The minimum atomic E-state index is -0.459. The lowest BCUT2D eigenvalue weighted by Gasteiger charge is -2.33. The molecular formula is C16H21N3O2. The summed E-state index contributed by atoms with van der Waals surface area (Å²) < 4.78 is 5.39. The highest BCUT2D eigenvalue weighted by atomic mass is 16.6. The van der Waals surface area contributed by atoms with E-state index in [1.165, 1.54) is 0 Å². The number of nitriles is 1. The summed E-state index contributed by atoms with van der Waals surface area (Å²) in [5.41, 5.74) is 1.21. The summed E-state index contributed by atoms with van der Waals surface area (Å²) in [5, 5.41) is 8.92. The molecule has 1 aromatic heterocycles. The minimum absolute atomic E-state index is 0.246. The number of piperidine rings is 1. The molecule has 0 aliphatic carbocycles. The van der Waals surface area contributed by atoms with Crippen LogP contribution >= 0.6 is 0 Å². The van der Waals surface area contributed by atoms with Crippen LogP contribution in [0.2, 0.25) is 0 Å². The van der Waals surface area contributed by atoms with Gasteiger partial charge in [-0.2, -0.15) is 5.26 Å². The second-order valence-corrected chi connectivity index (χ2v) is 6.36. The number of likely N-dealkylation sites (tertiary alicyclic amines) is 1. The molecule has 1 aliphatic heterocycles. The molecule has 0 N–H and O–H groups in total. The third kappa shape index (κ3) is 4.19. The van der Waals surface area contributed by atoms with Crippen LogP contribution in [0, 0.1) is 11.3 Å². The van der Waals surface area contributed by atoms with Crippen LogP contribution in [0.25, 0.3) is 0 Å². The van der Waals surface area contributed by atoms with Gasteiger partial charge in [-0.05, 0) is 51.2 Å². The van der Waals surface area contributed by atoms with Crippen molar-refractivity contribution in [1.82, 2.24) is 9.88 Å². The lowest BCUT2D eigenvalue weighted by Crippen LogP contribution is -2.41. The first kappa shape index (κ1) is 15.3. The van der Waals surface area contributed by atoms with Crippen LogP contribution in [0.4, 0.5) is 4.79 Å². The Morgan fingerprint density at radius 1 is 1.38 bits per heavy atom. The van der Waals surface area contributed by atoms with Crippen molar-refractivity contribution in [3.63, 3.8) is 0 Å². The summed E-state index contributed by atoms with van der Waals surface area (Å²) in [4.78, 5) is 17.9. The molecule has 1 amide bonds. The van der Waals surface area contributed by atoms with Gasteiger partial charge >= 0.3 is 6.09 Å². The maximum absolute atomic E-state index is 12.0. The summed E-state index contributed by atoms with van der Waals surface area (Å²) in [6.07, 6.45) is 4.88. The van der Waals surface area contributed by atoms with E-state index >= 15 is 0 Å². The Morgan fingerprint density at radius 3 is 2.62 bits per heavy atom. The number of hydrogen-bond acceptors (Lipinski definition) is 4. The number of ether oxygens (including phenoxy) is 1. The van der Waals surface area contributed by atoms with Crippen LogP contribution in [0.15, 0.2) is 18.5 Å². The van der Waals surface area contributed by atoms with Crippen molar-refractivity contribution >= 4 is 6.09 Å². The van der Waals surface area contributed by atoms with Gasteiger partial charge in [-0.15, -0.1) is 0 Å². The van der Waals surface area contributed by atoms with E-state index in [-0.39, 0.29) is 6.09 Å². The lowest BCUT2D eigenvalue weighted by molar-refractivity contribution is 0.0205. The van der Waals surface area contributed by atoms with Crippen LogP contribution in [-0.2, 0) is 4.74 Å². The molecule has 0 saturated carbocycles. The van der Waals surface area contributed by atoms with Gasteiger partial charge in [0.05, 0.1) is 5.56 Å². The molecule has 2 heterocycles. The molecule has 0 aromatic carbocycles. The fourth-order valence-corrected chi connectivity index (χ4v) is 2.46. The lowest BCUT2D eigenvalue weighted by atomic mass is 9.90. The maximum Gasteiger partial charge on any atom is 0.410 e. The average molecular weight is 287 g/mol. The largest absolute Gasteiger partial charge is 0.444 e. The summed E-state index contributed by atoms with van der Waals surface area (Å²) in [6.45, 7) is 6.97. The summed E-state index contributed by atoms with van der Waals surface area (Å²) in [5.74, 6) is 0.351. The molecule has 21 heavy (non-hydrogen) atoms. The van der Waals surface area contributed by atoms with Gasteiger partial charge in [0, 0.05) is 25.5 Å². The Bertz CT molecular complexity index is 549. The third-order valence-electron chi connectivity index (χ3n) is 3.51. The minimum Gasteiger partial charge on any atom is -0.444 e. The van der Waals surface area contributed by atoms with Crippen molar-refractivity contribution in [2.24, 2.45) is 0 Å². The third-order valence-corrected chi connectivity index (χ3v) is 3.51. The van der Waals surface area contributed by atoms with E-state index in [0.717, 1.165) is 18.4 Å². The topological polar surface area (TPSA) is 66.2 Å². The van der Waals surface area contributed by atoms with Crippen LogP contribution < -0.4 is 0 Å². The number of nitrogens with zero attached hydrogens (tertiary/aromatic N) is 3. The van der Waals surface area contributed by atoms with E-state index in [2.05, 4.69) is 11.1 Å². The summed E-state index contributed by atoms with van der Waals surface area (Å²) in [6, 6.07) is 4.00. The maximum atomic E-state index is 12.0. The molecule has 5 nitrogen and oxygen atoms in total. The van der Waals surface area contributed by atoms with E-state index in [9.17, 15) is 4.79 Å². The Kier molecular flexibility index (Phi) is 4.46. The van der Waals surface area contributed by atoms with Gasteiger partial charge < -0.3 is 9.64 Å². The van der Waals surface area contributed by atoms with Crippen molar-refractivity contribution in [1.29, 1.82) is 5.26 Å². The quantitative estimate of drug-likeness (QED) is 0.796. The molecule has 1 aliphatic rings. The molecule has 2 rings (SSSR count). The average Bonchev–Trinajstić information content (AvgIpc) is 2.46. The molecule has 112 valence electrons. The highest BCUT2D eigenvalue weighted by molar-refractivity contribution is 5.68. The summed E-state index contributed by atoms with van der Waals surface area (Å²) in [7, 11) is 0. The van der Waals surface area contributed by atoms with E-state index in [4.69, 9.17) is 10.00 Å². The molecule has 0 unspecified atom stereocenters. The Labute approximate surface area is 125 Å². The Hall–Kier alpha value is -2.09. The van der Waals surface area contributed by atoms with Crippen molar-refractivity contribution in [2.75, 3.05) is 13.1 Å². The molecule has 0 bridgehead atoms. The molecule has 1 fully saturated rings. The number of aromatic nitrogens is 1. The zero-order chi connectivity index (χ0) is 15.5. The first-order valence-corrected chi connectivity index (χ1v) is 7.22. The molecule has 0 spiro atoms. The number of pyridine rings is 1. The standard InChI is InChI=1S/C16H21N3O2/c1-16(2,3)21-15(20)19-6-4-13(5-7-19)14-8-12(9-17)10-18-11-14/h8,10-11,13H,4-7H2,1-3H3. The second-order valence-electron chi connectivity index (χ2n) is 6.36. The van der Waals surface area contributed by atoms with E-state index in [1.54, 1.807) is 11.1 Å². The van der Waals surface area contributed by atoms with Crippen molar-refractivity contribution in [3.8, 4) is 6.07 Å². The van der Waals surface area contributed by atoms with Gasteiger partial charge in [0.2, 0.25) is 0 Å². The van der Waals surface area contributed by atoms with Gasteiger partial charge in [0.1, 0.15) is 11.7 Å². The fraction of sp³-hybridized carbons (Fsp3) is 0.562. The van der Waals surface area contributed by atoms with E-state index in [0.29, 0.717) is 24.6 Å². The smallest absolute Gasteiger partial charge is 0.410 e. The molecule has 5 heteroatoms. The zero-order valence-electron chi connectivity index (χ0n) is 12.8. The van der Waals surface area contributed by atoms with Crippen LogP contribution in [-0.4, -0.2) is 34.7 Å². The zero-order valence-corrected chi connectivity index (χ0v) is 12.8. The molecule has 1 aromatic rings. The van der Waals surface area contributed by atoms with Crippen molar-refractivity contribution < 1.29 is 9.53 Å². The van der Waals surface area contributed by atoms with Crippen molar-refractivity contribution in [3.05, 3.63) is 29.6 Å². The van der Waals surface area contributed by atoms with Crippen molar-refractivity contribution in [2.45, 2.75) is 45.1 Å². The van der Waals surface area contributed by atoms with Gasteiger partial charge in [-0.3, -0.25) is 4.98 Å². The van der Waals surface area contributed by atoms with Gasteiger partial charge in [0.25, 0.3) is 0 Å². The van der Waals surface area contributed by atoms with Crippen LogP contribution in [0.5, 0.6) is 0 Å². The molecule has 0 radical (unpaired) electrons. The van der Waals surface area contributed by atoms with E-state index < -0.39 is 5.60 Å². The van der Waals surface area contributed by atoms with Gasteiger partial charge in [0.15, 0.2) is 0 Å². The Morgan fingerprint density at radius 2 is 2.05 bits per heavy atom. The predicted molar refractivity (Wildman–Crippen MR) is 78.7 cm³/mol. The number of carbonyl (C=O) groups excluding carboxylic acids is 1. The van der Waals surface area contributed by atoms with Crippen LogP contribution in [0.3, 0.4) is 0 Å². The number of amides is 1. The van der Waals surface area contributed by atoms with Gasteiger partial charge in [-0.1, -0.05) is 0 Å². The number of rotatable bonds is 1. The van der Waals surface area contributed by atoms with E-state index in [1.807, 2.05) is 33.0 Å². The summed E-state index contributed by atoms with van der Waals surface area (Å²) >= 11 is 0.